The Morgan fingerprint density at radius 2 is 1.95 bits per heavy atom. The molecule has 0 amide bonds. The summed E-state index contributed by atoms with van der Waals surface area (Å²) < 4.78 is 5.22. The lowest BCUT2D eigenvalue weighted by molar-refractivity contribution is 0.123. The quantitative estimate of drug-likeness (QED) is 0.895. The maximum absolute atomic E-state index is 5.22. The molecule has 20 heavy (non-hydrogen) atoms. The van der Waals surface area contributed by atoms with Crippen LogP contribution in [0.15, 0.2) is 24.3 Å². The van der Waals surface area contributed by atoms with Crippen molar-refractivity contribution in [1.82, 2.24) is 10.2 Å². The zero-order valence-electron chi connectivity index (χ0n) is 13.2. The van der Waals surface area contributed by atoms with Gasteiger partial charge in [0.05, 0.1) is 7.11 Å². The molecule has 0 radical (unpaired) electrons. The summed E-state index contributed by atoms with van der Waals surface area (Å²) in [4.78, 5) is 2.50. The van der Waals surface area contributed by atoms with Gasteiger partial charge in [-0.1, -0.05) is 19.1 Å². The number of benzene rings is 1. The van der Waals surface area contributed by atoms with Crippen LogP contribution in [-0.2, 0) is 6.54 Å². The molecule has 0 spiro atoms. The highest BCUT2D eigenvalue weighted by Crippen LogP contribution is 2.28. The van der Waals surface area contributed by atoms with E-state index in [0.29, 0.717) is 12.1 Å². The Hall–Kier alpha value is -1.06. The maximum Gasteiger partial charge on any atom is 0.118 e. The van der Waals surface area contributed by atoms with Gasteiger partial charge in [0.15, 0.2) is 0 Å². The number of nitrogens with zero attached hydrogens (tertiary/aromatic N) is 1. The number of ether oxygens (including phenoxy) is 1. The summed E-state index contributed by atoms with van der Waals surface area (Å²) in [5, 5.41) is 3.50. The largest absolute Gasteiger partial charge is 0.497 e. The monoisotopic (exact) mass is 276 g/mol. The molecule has 1 aromatic rings. The van der Waals surface area contributed by atoms with Crippen molar-refractivity contribution in [3.63, 3.8) is 0 Å². The molecule has 2 rings (SSSR count). The van der Waals surface area contributed by atoms with Crippen molar-refractivity contribution < 1.29 is 4.74 Å². The molecule has 1 aromatic carbocycles. The molecule has 1 aliphatic rings. The van der Waals surface area contributed by atoms with E-state index in [4.69, 9.17) is 4.74 Å². The first-order chi connectivity index (χ1) is 9.63. The molecule has 3 heteroatoms. The fourth-order valence-corrected chi connectivity index (χ4v) is 3.31. The van der Waals surface area contributed by atoms with Crippen LogP contribution in [0, 0.1) is 5.92 Å². The molecular formula is C17H28N2O. The number of nitrogens with one attached hydrogen (secondary N) is 1. The predicted octanol–water partition coefficient (Wildman–Crippen LogP) is 2.90. The van der Waals surface area contributed by atoms with Crippen LogP contribution in [0.5, 0.6) is 5.75 Å². The van der Waals surface area contributed by atoms with Crippen molar-refractivity contribution in [2.75, 3.05) is 21.2 Å². The average molecular weight is 276 g/mol. The summed E-state index contributed by atoms with van der Waals surface area (Å²) in [6.07, 6.45) is 3.92. The first kappa shape index (κ1) is 15.3. The van der Waals surface area contributed by atoms with Crippen molar-refractivity contribution >= 4 is 0 Å². The van der Waals surface area contributed by atoms with Gasteiger partial charge in [0, 0.05) is 18.6 Å². The Morgan fingerprint density at radius 3 is 2.55 bits per heavy atom. The molecule has 3 unspecified atom stereocenters. The fourth-order valence-electron chi connectivity index (χ4n) is 3.31. The van der Waals surface area contributed by atoms with Crippen LogP contribution in [0.1, 0.15) is 31.7 Å². The average Bonchev–Trinajstić information content (AvgIpc) is 2.48. The number of likely N-dealkylation sites (N-methyl/N-ethyl adjacent to an activating group) is 2. The molecule has 3 nitrogen and oxygen atoms in total. The van der Waals surface area contributed by atoms with Crippen LogP contribution in [0.3, 0.4) is 0 Å². The Kier molecular flexibility index (Phi) is 5.44. The normalized spacial score (nSPS) is 26.8. The van der Waals surface area contributed by atoms with Gasteiger partial charge in [-0.15, -0.1) is 0 Å². The standard InChI is InChI=1S/C17H28N2O/c1-13-5-10-16(18-2)17(11-13)19(3)12-14-6-8-15(20-4)9-7-14/h6-9,13,16-18H,5,10-12H2,1-4H3. The molecule has 1 saturated carbocycles. The van der Waals surface area contributed by atoms with E-state index in [-0.39, 0.29) is 0 Å². The van der Waals surface area contributed by atoms with Crippen molar-refractivity contribution in [3.05, 3.63) is 29.8 Å². The summed E-state index contributed by atoms with van der Waals surface area (Å²) in [6.45, 7) is 3.37. The third-order valence-corrected chi connectivity index (χ3v) is 4.61. The molecule has 0 saturated heterocycles. The van der Waals surface area contributed by atoms with Crippen LogP contribution >= 0.6 is 0 Å². The molecule has 112 valence electrons. The van der Waals surface area contributed by atoms with E-state index in [1.165, 1.54) is 24.8 Å². The number of hydrogen-bond donors (Lipinski definition) is 1. The number of methoxy groups -OCH3 is 1. The molecule has 1 fully saturated rings. The molecule has 0 bridgehead atoms. The van der Waals surface area contributed by atoms with Gasteiger partial charge in [-0.25, -0.2) is 0 Å². The second kappa shape index (κ2) is 7.09. The highest BCUT2D eigenvalue weighted by molar-refractivity contribution is 5.27. The van der Waals surface area contributed by atoms with Crippen LogP contribution in [0.2, 0.25) is 0 Å². The van der Waals surface area contributed by atoms with Gasteiger partial charge in [0.25, 0.3) is 0 Å². The molecule has 0 heterocycles. The third kappa shape index (κ3) is 3.74. The van der Waals surface area contributed by atoms with E-state index in [1.54, 1.807) is 7.11 Å². The summed E-state index contributed by atoms with van der Waals surface area (Å²) in [7, 11) is 6.05. The second-order valence-corrected chi connectivity index (χ2v) is 6.14. The Labute approximate surface area is 123 Å². The van der Waals surface area contributed by atoms with Gasteiger partial charge in [-0.05, 0) is 57.0 Å². The van der Waals surface area contributed by atoms with E-state index >= 15 is 0 Å². The highest BCUT2D eigenvalue weighted by atomic mass is 16.5. The summed E-state index contributed by atoms with van der Waals surface area (Å²) in [5.74, 6) is 1.76. The molecule has 3 atom stereocenters. The van der Waals surface area contributed by atoms with E-state index in [0.717, 1.165) is 18.2 Å². The lowest BCUT2D eigenvalue weighted by Gasteiger charge is -2.40. The molecule has 1 aliphatic carbocycles. The van der Waals surface area contributed by atoms with E-state index in [2.05, 4.69) is 43.4 Å². The summed E-state index contributed by atoms with van der Waals surface area (Å²) in [6, 6.07) is 9.66. The van der Waals surface area contributed by atoms with Crippen LogP contribution in [-0.4, -0.2) is 38.2 Å². The SMILES string of the molecule is CNC1CCC(C)CC1N(C)Cc1ccc(OC)cc1. The minimum Gasteiger partial charge on any atom is -0.497 e. The molecule has 1 N–H and O–H groups in total. The molecule has 0 aliphatic heterocycles. The summed E-state index contributed by atoms with van der Waals surface area (Å²) >= 11 is 0. The van der Waals surface area contributed by atoms with Crippen LogP contribution in [0.25, 0.3) is 0 Å². The van der Waals surface area contributed by atoms with Crippen molar-refractivity contribution in [2.45, 2.75) is 44.8 Å². The van der Waals surface area contributed by atoms with Crippen molar-refractivity contribution in [2.24, 2.45) is 5.92 Å². The number of hydrogen-bond acceptors (Lipinski definition) is 3. The van der Waals surface area contributed by atoms with Gasteiger partial charge < -0.3 is 10.1 Å². The van der Waals surface area contributed by atoms with E-state index in [1.807, 2.05) is 12.1 Å². The second-order valence-electron chi connectivity index (χ2n) is 6.14. The zero-order valence-corrected chi connectivity index (χ0v) is 13.2. The molecule has 0 aromatic heterocycles. The van der Waals surface area contributed by atoms with Gasteiger partial charge in [-0.2, -0.15) is 0 Å². The first-order valence-electron chi connectivity index (χ1n) is 7.64. The van der Waals surface area contributed by atoms with Crippen LogP contribution in [0.4, 0.5) is 0 Å². The first-order valence-corrected chi connectivity index (χ1v) is 7.64. The highest BCUT2D eigenvalue weighted by Gasteiger charge is 2.30. The summed E-state index contributed by atoms with van der Waals surface area (Å²) in [5.41, 5.74) is 1.35. The van der Waals surface area contributed by atoms with Crippen molar-refractivity contribution in [3.8, 4) is 5.75 Å². The van der Waals surface area contributed by atoms with Crippen molar-refractivity contribution in [1.29, 1.82) is 0 Å². The van der Waals surface area contributed by atoms with Gasteiger partial charge in [-0.3, -0.25) is 4.90 Å². The zero-order chi connectivity index (χ0) is 14.5. The Balaban J connectivity index is 1.99. The fraction of sp³-hybridized carbons (Fsp3) is 0.647. The lowest BCUT2D eigenvalue weighted by Crippen LogP contribution is -2.50. The topological polar surface area (TPSA) is 24.5 Å². The third-order valence-electron chi connectivity index (χ3n) is 4.61. The van der Waals surface area contributed by atoms with Gasteiger partial charge in [0.1, 0.15) is 5.75 Å². The molecular weight excluding hydrogens is 248 g/mol. The smallest absolute Gasteiger partial charge is 0.118 e. The minimum atomic E-state index is 0.620. The van der Waals surface area contributed by atoms with Gasteiger partial charge >= 0.3 is 0 Å². The Morgan fingerprint density at radius 1 is 1.25 bits per heavy atom. The Bertz CT molecular complexity index is 404. The van der Waals surface area contributed by atoms with Gasteiger partial charge in [0.2, 0.25) is 0 Å². The van der Waals surface area contributed by atoms with Crippen LogP contribution < -0.4 is 10.1 Å². The maximum atomic E-state index is 5.22. The number of rotatable bonds is 5. The minimum absolute atomic E-state index is 0.620. The van der Waals surface area contributed by atoms with E-state index in [9.17, 15) is 0 Å². The predicted molar refractivity (Wildman–Crippen MR) is 84.1 cm³/mol. The lowest BCUT2D eigenvalue weighted by atomic mass is 9.82. The van der Waals surface area contributed by atoms with E-state index < -0.39 is 0 Å².